The number of carboxylic acid groups (broad SMARTS) is 1. The fraction of sp³-hybridized carbons (Fsp3) is 0.824. The fourth-order valence-corrected chi connectivity index (χ4v) is 3.49. The molecule has 0 aromatic rings. The summed E-state index contributed by atoms with van der Waals surface area (Å²) < 4.78 is 16.8. The third-order valence-electron chi connectivity index (χ3n) is 4.28. The van der Waals surface area contributed by atoms with Crippen molar-refractivity contribution in [3.63, 3.8) is 0 Å². The molecule has 134 valence electrons. The van der Waals surface area contributed by atoms with Crippen LogP contribution in [0.1, 0.15) is 41.0 Å². The zero-order valence-electron chi connectivity index (χ0n) is 15.0. The van der Waals surface area contributed by atoms with Crippen LogP contribution in [0.2, 0.25) is 0 Å². The normalized spacial score (nSPS) is 28.4. The minimum Gasteiger partial charge on any atom is -0.481 e. The number of allylic oxidation sites excluding steroid dienone is 1. The lowest BCUT2D eigenvalue weighted by Crippen LogP contribution is -2.30. The van der Waals surface area contributed by atoms with E-state index in [0.29, 0.717) is 20.6 Å². The van der Waals surface area contributed by atoms with Gasteiger partial charge in [-0.05, 0) is 31.8 Å². The summed E-state index contributed by atoms with van der Waals surface area (Å²) in [7, 11) is 2.27. The highest BCUT2D eigenvalue weighted by molar-refractivity contribution is 7.32. The van der Waals surface area contributed by atoms with Gasteiger partial charge in [0.2, 0.25) is 0 Å². The summed E-state index contributed by atoms with van der Waals surface area (Å²) in [5, 5.41) is 9.05. The Morgan fingerprint density at radius 2 is 1.96 bits per heavy atom. The van der Waals surface area contributed by atoms with Gasteiger partial charge in [-0.2, -0.15) is 0 Å². The predicted octanol–water partition coefficient (Wildman–Crippen LogP) is 3.69. The first kappa shape index (κ1) is 20.6. The minimum absolute atomic E-state index is 0.0345. The first-order valence-electron chi connectivity index (χ1n) is 8.18. The van der Waals surface area contributed by atoms with Crippen LogP contribution in [-0.4, -0.2) is 42.3 Å². The van der Waals surface area contributed by atoms with Gasteiger partial charge in [0.05, 0.1) is 18.6 Å². The topological polar surface area (TPSA) is 65.0 Å². The van der Waals surface area contributed by atoms with Gasteiger partial charge in [-0.1, -0.05) is 32.9 Å². The molecule has 1 fully saturated rings. The zero-order chi connectivity index (χ0) is 17.6. The van der Waals surface area contributed by atoms with E-state index in [-0.39, 0.29) is 18.4 Å². The van der Waals surface area contributed by atoms with Crippen molar-refractivity contribution in [2.24, 2.45) is 17.8 Å². The van der Waals surface area contributed by atoms with Crippen LogP contribution in [0.4, 0.5) is 0 Å². The second kappa shape index (κ2) is 9.12. The smallest absolute Gasteiger partial charge is 0.306 e. The SMILES string of the molecule is COPC[C@H](C)[C@H](C)/C=C\C(C)[C@H]1OC(C)(C)O[C@H]1CC(=O)O. The largest absolute Gasteiger partial charge is 0.481 e. The lowest BCUT2D eigenvalue weighted by molar-refractivity contribution is -0.153. The van der Waals surface area contributed by atoms with Crippen molar-refractivity contribution in [2.75, 3.05) is 13.3 Å². The molecule has 0 radical (unpaired) electrons. The molecule has 1 aliphatic rings. The maximum absolute atomic E-state index is 11.0. The molecule has 0 bridgehead atoms. The van der Waals surface area contributed by atoms with Crippen LogP contribution < -0.4 is 0 Å². The summed E-state index contributed by atoms with van der Waals surface area (Å²) in [6, 6.07) is 0. The molecule has 1 heterocycles. The number of aliphatic carboxylic acids is 1. The van der Waals surface area contributed by atoms with Crippen molar-refractivity contribution in [1.82, 2.24) is 0 Å². The molecule has 0 aromatic heterocycles. The average molecular weight is 346 g/mol. The Hall–Kier alpha value is -0.480. The van der Waals surface area contributed by atoms with E-state index in [2.05, 4.69) is 32.9 Å². The van der Waals surface area contributed by atoms with Crippen molar-refractivity contribution in [1.29, 1.82) is 0 Å². The maximum Gasteiger partial charge on any atom is 0.306 e. The van der Waals surface area contributed by atoms with Gasteiger partial charge in [-0.3, -0.25) is 4.79 Å². The third-order valence-corrected chi connectivity index (χ3v) is 5.38. The summed E-state index contributed by atoms with van der Waals surface area (Å²) in [5.74, 6) is -0.511. The number of hydrogen-bond acceptors (Lipinski definition) is 4. The van der Waals surface area contributed by atoms with Crippen LogP contribution in [0.25, 0.3) is 0 Å². The molecule has 0 aromatic carbocycles. The van der Waals surface area contributed by atoms with Gasteiger partial charge in [-0.25, -0.2) is 0 Å². The van der Waals surface area contributed by atoms with E-state index in [0.717, 1.165) is 6.16 Å². The Balaban J connectivity index is 2.65. The second-order valence-electron chi connectivity index (χ2n) is 6.87. The summed E-state index contributed by atoms with van der Waals surface area (Å²) in [6.45, 7) is 10.1. The number of carbonyl (C=O) groups is 1. The number of hydrogen-bond donors (Lipinski definition) is 1. The Bertz CT molecular complexity index is 410. The van der Waals surface area contributed by atoms with Crippen molar-refractivity contribution >= 4 is 14.8 Å². The summed E-state index contributed by atoms with van der Waals surface area (Å²) in [6.07, 6.45) is 4.69. The Morgan fingerprint density at radius 1 is 1.30 bits per heavy atom. The quantitative estimate of drug-likeness (QED) is 0.509. The molecule has 5 nitrogen and oxygen atoms in total. The van der Waals surface area contributed by atoms with Gasteiger partial charge in [-0.15, -0.1) is 0 Å². The highest BCUT2D eigenvalue weighted by Gasteiger charge is 2.44. The first-order valence-corrected chi connectivity index (χ1v) is 9.29. The third kappa shape index (κ3) is 6.88. The van der Waals surface area contributed by atoms with Gasteiger partial charge in [0.1, 0.15) is 0 Å². The van der Waals surface area contributed by atoms with E-state index < -0.39 is 17.9 Å². The number of rotatable bonds is 9. The van der Waals surface area contributed by atoms with Gasteiger partial charge in [0.15, 0.2) is 5.79 Å². The van der Waals surface area contributed by atoms with Crippen molar-refractivity contribution in [2.45, 2.75) is 59.0 Å². The van der Waals surface area contributed by atoms with Gasteiger partial charge >= 0.3 is 5.97 Å². The Kier molecular flexibility index (Phi) is 8.15. The van der Waals surface area contributed by atoms with E-state index in [1.165, 1.54) is 0 Å². The lowest BCUT2D eigenvalue weighted by Gasteiger charge is -2.22. The molecule has 1 saturated heterocycles. The van der Waals surface area contributed by atoms with E-state index in [4.69, 9.17) is 19.1 Å². The summed E-state index contributed by atoms with van der Waals surface area (Å²) >= 11 is 0. The molecule has 6 heteroatoms. The lowest BCUT2D eigenvalue weighted by atomic mass is 9.92. The number of ether oxygens (including phenoxy) is 2. The molecule has 23 heavy (non-hydrogen) atoms. The molecule has 0 aliphatic carbocycles. The standard InChI is InChI=1S/C17H31O5P/c1-11(13(3)10-23-20-6)7-8-12(2)16-14(9-15(18)19)21-17(4,5)22-16/h7-8,11-14,16,23H,9-10H2,1-6H3,(H,18,19)/b8-7-/t11-,12?,13+,14+,16-/m1/s1. The van der Waals surface area contributed by atoms with E-state index in [9.17, 15) is 4.79 Å². The summed E-state index contributed by atoms with van der Waals surface area (Å²) in [5.41, 5.74) is 0. The van der Waals surface area contributed by atoms with E-state index >= 15 is 0 Å². The van der Waals surface area contributed by atoms with Crippen LogP contribution in [0.5, 0.6) is 0 Å². The molecule has 0 saturated carbocycles. The van der Waals surface area contributed by atoms with Crippen LogP contribution in [0.15, 0.2) is 12.2 Å². The first-order chi connectivity index (χ1) is 10.7. The van der Waals surface area contributed by atoms with Gasteiger partial charge in [0, 0.05) is 21.8 Å². The maximum atomic E-state index is 11.0. The van der Waals surface area contributed by atoms with Gasteiger partial charge in [0.25, 0.3) is 0 Å². The molecule has 1 aliphatic heterocycles. The molecule has 2 unspecified atom stereocenters. The monoisotopic (exact) mass is 346 g/mol. The van der Waals surface area contributed by atoms with Crippen LogP contribution in [0.3, 0.4) is 0 Å². The van der Waals surface area contributed by atoms with E-state index in [1.807, 2.05) is 13.8 Å². The second-order valence-corrected chi connectivity index (χ2v) is 7.97. The van der Waals surface area contributed by atoms with Gasteiger partial charge < -0.3 is 19.1 Å². The molecule has 1 N–H and O–H groups in total. The van der Waals surface area contributed by atoms with Crippen LogP contribution in [0, 0.1) is 17.8 Å². The van der Waals surface area contributed by atoms with E-state index in [1.54, 1.807) is 7.11 Å². The highest BCUT2D eigenvalue weighted by Crippen LogP contribution is 2.34. The van der Waals surface area contributed by atoms with Crippen LogP contribution >= 0.6 is 8.81 Å². The average Bonchev–Trinajstić information content (AvgIpc) is 2.75. The Labute approximate surface area is 141 Å². The Morgan fingerprint density at radius 3 is 2.52 bits per heavy atom. The zero-order valence-corrected chi connectivity index (χ0v) is 16.0. The fourth-order valence-electron chi connectivity index (χ4n) is 2.69. The molecular weight excluding hydrogens is 315 g/mol. The number of carboxylic acids is 1. The highest BCUT2D eigenvalue weighted by atomic mass is 31.1. The van der Waals surface area contributed by atoms with Crippen molar-refractivity contribution in [3.8, 4) is 0 Å². The summed E-state index contributed by atoms with van der Waals surface area (Å²) in [4.78, 5) is 11.0. The molecular formula is C17H31O5P. The van der Waals surface area contributed by atoms with Crippen molar-refractivity contribution in [3.05, 3.63) is 12.2 Å². The molecule has 6 atom stereocenters. The molecule has 0 amide bonds. The predicted molar refractivity (Wildman–Crippen MR) is 92.9 cm³/mol. The van der Waals surface area contributed by atoms with Crippen molar-refractivity contribution < 1.29 is 23.9 Å². The minimum atomic E-state index is -0.861. The van der Waals surface area contributed by atoms with Crippen LogP contribution in [-0.2, 0) is 18.8 Å². The molecule has 1 rings (SSSR count). The molecule has 0 spiro atoms.